The summed E-state index contributed by atoms with van der Waals surface area (Å²) in [5, 5.41) is 5.40. The van der Waals surface area contributed by atoms with Crippen LogP contribution in [0.15, 0.2) is 54.6 Å². The number of nitrogens with one attached hydrogen (secondary N) is 2. The van der Waals surface area contributed by atoms with E-state index < -0.39 is 27.7 Å². The van der Waals surface area contributed by atoms with Gasteiger partial charge in [0.05, 0.1) is 5.75 Å². The first-order valence-electron chi connectivity index (χ1n) is 8.61. The van der Waals surface area contributed by atoms with Gasteiger partial charge in [-0.05, 0) is 31.0 Å². The fourth-order valence-corrected chi connectivity index (χ4v) is 3.11. The summed E-state index contributed by atoms with van der Waals surface area (Å²) in [5.41, 5.74) is 2.45. The summed E-state index contributed by atoms with van der Waals surface area (Å²) >= 11 is 0. The van der Waals surface area contributed by atoms with Gasteiger partial charge in [0.15, 0.2) is 0 Å². The fourth-order valence-electron chi connectivity index (χ4n) is 2.45. The summed E-state index contributed by atoms with van der Waals surface area (Å²) in [7, 11) is -3.26. The van der Waals surface area contributed by atoms with Crippen molar-refractivity contribution in [2.75, 3.05) is 12.0 Å². The molecule has 0 fully saturated rings. The van der Waals surface area contributed by atoms with E-state index in [4.69, 9.17) is 0 Å². The van der Waals surface area contributed by atoms with Gasteiger partial charge in [0.25, 0.3) is 5.91 Å². The average molecular weight is 388 g/mol. The number of hydrogen-bond donors (Lipinski definition) is 2. The first-order valence-corrected chi connectivity index (χ1v) is 10.7. The minimum Gasteiger partial charge on any atom is -0.350 e. The molecule has 0 saturated carbocycles. The highest BCUT2D eigenvalue weighted by Gasteiger charge is 2.22. The summed E-state index contributed by atoms with van der Waals surface area (Å²) in [6.07, 6.45) is 1.12. The smallest absolute Gasteiger partial charge is 0.251 e. The summed E-state index contributed by atoms with van der Waals surface area (Å²) in [4.78, 5) is 24.9. The summed E-state index contributed by atoms with van der Waals surface area (Å²) in [6, 6.07) is 15.3. The number of carbonyl (C=O) groups excluding carboxylic acids is 2. The van der Waals surface area contributed by atoms with Crippen LogP contribution in [0.5, 0.6) is 0 Å². The SMILES string of the molecule is Cc1ccc(CNC(=O)[C@H](CCS(C)(=O)=O)NC(=O)c2ccccc2)cc1. The molecule has 0 aromatic heterocycles. The second-order valence-corrected chi connectivity index (χ2v) is 8.77. The van der Waals surface area contributed by atoms with Crippen LogP contribution in [0.25, 0.3) is 0 Å². The zero-order valence-corrected chi connectivity index (χ0v) is 16.3. The molecule has 1 atom stereocenters. The normalized spacial score (nSPS) is 12.2. The number of sulfone groups is 1. The molecule has 0 radical (unpaired) electrons. The van der Waals surface area contributed by atoms with E-state index in [1.54, 1.807) is 30.3 Å². The van der Waals surface area contributed by atoms with E-state index >= 15 is 0 Å². The van der Waals surface area contributed by atoms with Crippen LogP contribution in [-0.2, 0) is 21.2 Å². The van der Waals surface area contributed by atoms with Gasteiger partial charge in [0.2, 0.25) is 5.91 Å². The van der Waals surface area contributed by atoms with Crippen molar-refractivity contribution in [1.82, 2.24) is 10.6 Å². The molecule has 2 N–H and O–H groups in total. The van der Waals surface area contributed by atoms with Crippen molar-refractivity contribution in [1.29, 1.82) is 0 Å². The topological polar surface area (TPSA) is 92.3 Å². The maximum absolute atomic E-state index is 12.5. The molecule has 2 rings (SSSR count). The van der Waals surface area contributed by atoms with E-state index in [0.717, 1.165) is 17.4 Å². The highest BCUT2D eigenvalue weighted by atomic mass is 32.2. The van der Waals surface area contributed by atoms with Crippen LogP contribution in [0.4, 0.5) is 0 Å². The predicted octanol–water partition coefficient (Wildman–Crippen LogP) is 1.84. The van der Waals surface area contributed by atoms with Crippen molar-refractivity contribution in [2.24, 2.45) is 0 Å². The van der Waals surface area contributed by atoms with Gasteiger partial charge in [-0.1, -0.05) is 48.0 Å². The minimum atomic E-state index is -3.26. The van der Waals surface area contributed by atoms with Crippen LogP contribution in [0.3, 0.4) is 0 Å². The van der Waals surface area contributed by atoms with Gasteiger partial charge in [-0.2, -0.15) is 0 Å². The van der Waals surface area contributed by atoms with Crippen LogP contribution < -0.4 is 10.6 Å². The Morgan fingerprint density at radius 1 is 1.00 bits per heavy atom. The fraction of sp³-hybridized carbons (Fsp3) is 0.300. The maximum atomic E-state index is 12.5. The summed E-state index contributed by atoms with van der Waals surface area (Å²) in [5.74, 6) is -1.02. The number of rotatable bonds is 8. The van der Waals surface area contributed by atoms with E-state index in [9.17, 15) is 18.0 Å². The van der Waals surface area contributed by atoms with Gasteiger partial charge in [-0.15, -0.1) is 0 Å². The van der Waals surface area contributed by atoms with Crippen molar-refractivity contribution in [3.8, 4) is 0 Å². The van der Waals surface area contributed by atoms with E-state index in [2.05, 4.69) is 10.6 Å². The van der Waals surface area contributed by atoms with E-state index in [0.29, 0.717) is 12.1 Å². The standard InChI is InChI=1S/C20H24N2O4S/c1-15-8-10-16(11-9-15)14-21-20(24)18(12-13-27(2,25)26)22-19(23)17-6-4-3-5-7-17/h3-11,18H,12-14H2,1-2H3,(H,21,24)(H,22,23)/t18-/m0/s1. The average Bonchev–Trinajstić information content (AvgIpc) is 2.64. The van der Waals surface area contributed by atoms with Crippen LogP contribution >= 0.6 is 0 Å². The molecule has 2 aromatic rings. The lowest BCUT2D eigenvalue weighted by molar-refractivity contribution is -0.123. The highest BCUT2D eigenvalue weighted by molar-refractivity contribution is 7.90. The van der Waals surface area contributed by atoms with Crippen LogP contribution in [-0.4, -0.2) is 38.3 Å². The third kappa shape index (κ3) is 7.22. The first-order chi connectivity index (χ1) is 12.7. The Bertz CT molecular complexity index is 878. The van der Waals surface area contributed by atoms with Gasteiger partial charge in [-0.25, -0.2) is 8.42 Å². The monoisotopic (exact) mass is 388 g/mol. The lowest BCUT2D eigenvalue weighted by Crippen LogP contribution is -2.47. The molecule has 0 bridgehead atoms. The first kappa shape index (κ1) is 20.6. The predicted molar refractivity (Wildman–Crippen MR) is 105 cm³/mol. The number of hydrogen-bond acceptors (Lipinski definition) is 4. The maximum Gasteiger partial charge on any atom is 0.251 e. The van der Waals surface area contributed by atoms with Crippen LogP contribution in [0.1, 0.15) is 27.9 Å². The summed E-state index contributed by atoms with van der Waals surface area (Å²) < 4.78 is 23.0. The Morgan fingerprint density at radius 3 is 2.22 bits per heavy atom. The molecule has 0 aliphatic carbocycles. The second kappa shape index (κ2) is 9.32. The van der Waals surface area contributed by atoms with Gasteiger partial charge in [-0.3, -0.25) is 9.59 Å². The van der Waals surface area contributed by atoms with Gasteiger partial charge >= 0.3 is 0 Å². The molecule has 0 spiro atoms. The van der Waals surface area contributed by atoms with E-state index in [-0.39, 0.29) is 12.2 Å². The zero-order chi connectivity index (χ0) is 19.9. The molecule has 27 heavy (non-hydrogen) atoms. The lowest BCUT2D eigenvalue weighted by Gasteiger charge is -2.18. The van der Waals surface area contributed by atoms with Crippen molar-refractivity contribution in [3.63, 3.8) is 0 Å². The lowest BCUT2D eigenvalue weighted by atomic mass is 10.1. The van der Waals surface area contributed by atoms with E-state index in [1.807, 2.05) is 31.2 Å². The molecule has 0 aliphatic heterocycles. The van der Waals surface area contributed by atoms with Crippen molar-refractivity contribution >= 4 is 21.7 Å². The highest BCUT2D eigenvalue weighted by Crippen LogP contribution is 2.05. The van der Waals surface area contributed by atoms with Crippen molar-refractivity contribution in [2.45, 2.75) is 25.9 Å². The van der Waals surface area contributed by atoms with Crippen LogP contribution in [0, 0.1) is 6.92 Å². The Kier molecular flexibility index (Phi) is 7.12. The largest absolute Gasteiger partial charge is 0.350 e. The minimum absolute atomic E-state index is 0.0110. The van der Waals surface area contributed by atoms with Crippen molar-refractivity contribution in [3.05, 3.63) is 71.3 Å². The Balaban J connectivity index is 2.04. The molecule has 0 heterocycles. The molecule has 7 heteroatoms. The van der Waals surface area contributed by atoms with Crippen molar-refractivity contribution < 1.29 is 18.0 Å². The van der Waals surface area contributed by atoms with Gasteiger partial charge < -0.3 is 10.6 Å². The number of aryl methyl sites for hydroxylation is 1. The number of amides is 2. The molecule has 2 aromatic carbocycles. The molecule has 0 aliphatic rings. The Morgan fingerprint density at radius 2 is 1.63 bits per heavy atom. The molecular formula is C20H24N2O4S. The van der Waals surface area contributed by atoms with E-state index in [1.165, 1.54) is 0 Å². The zero-order valence-electron chi connectivity index (χ0n) is 15.4. The van der Waals surface area contributed by atoms with Gasteiger partial charge in [0, 0.05) is 18.4 Å². The van der Waals surface area contributed by atoms with Gasteiger partial charge in [0.1, 0.15) is 15.9 Å². The quantitative estimate of drug-likeness (QED) is 0.722. The third-order valence-corrected chi connectivity index (χ3v) is 5.00. The molecule has 6 nitrogen and oxygen atoms in total. The number of carbonyl (C=O) groups is 2. The second-order valence-electron chi connectivity index (χ2n) is 6.51. The molecule has 0 unspecified atom stereocenters. The Labute approximate surface area is 159 Å². The summed E-state index contributed by atoms with van der Waals surface area (Å²) in [6.45, 7) is 2.28. The molecular weight excluding hydrogens is 364 g/mol. The van der Waals surface area contributed by atoms with Crippen LogP contribution in [0.2, 0.25) is 0 Å². The molecule has 2 amide bonds. The molecule has 144 valence electrons. The Hall–Kier alpha value is -2.67. The number of benzene rings is 2. The third-order valence-electron chi connectivity index (χ3n) is 4.02. The molecule has 0 saturated heterocycles.